The molecule has 7 heteroatoms. The van der Waals surface area contributed by atoms with Crippen molar-refractivity contribution < 1.29 is 13.2 Å². The Morgan fingerprint density at radius 2 is 1.68 bits per heavy atom. The summed E-state index contributed by atoms with van der Waals surface area (Å²) >= 11 is 1.17. The third-order valence-electron chi connectivity index (χ3n) is 4.34. The van der Waals surface area contributed by atoms with Gasteiger partial charge in [0.25, 0.3) is 10.0 Å². The van der Waals surface area contributed by atoms with E-state index in [0.717, 1.165) is 16.9 Å². The molecular formula is C21H30N2O3S2. The maximum atomic E-state index is 12.9. The number of thiophene rings is 1. The molecule has 1 unspecified atom stereocenters. The van der Waals surface area contributed by atoms with Gasteiger partial charge in [-0.2, -0.15) is 0 Å². The average molecular weight is 423 g/mol. The summed E-state index contributed by atoms with van der Waals surface area (Å²) in [4.78, 5) is 11.8. The molecule has 1 atom stereocenters. The summed E-state index contributed by atoms with van der Waals surface area (Å²) in [6.45, 7) is 10.1. The molecule has 0 aliphatic rings. The third-order valence-corrected chi connectivity index (χ3v) is 7.36. The van der Waals surface area contributed by atoms with Gasteiger partial charge in [0, 0.05) is 17.8 Å². The molecule has 2 aromatic rings. The van der Waals surface area contributed by atoms with Crippen molar-refractivity contribution in [2.24, 2.45) is 11.8 Å². The van der Waals surface area contributed by atoms with E-state index >= 15 is 0 Å². The van der Waals surface area contributed by atoms with Crippen LogP contribution >= 0.6 is 11.3 Å². The van der Waals surface area contributed by atoms with E-state index in [9.17, 15) is 13.2 Å². The fourth-order valence-corrected chi connectivity index (χ4v) is 5.64. The highest BCUT2D eigenvalue weighted by atomic mass is 32.2. The number of amides is 1. The predicted octanol–water partition coefficient (Wildman–Crippen LogP) is 4.26. The molecule has 0 aliphatic carbocycles. The molecule has 2 rings (SSSR count). The maximum Gasteiger partial charge on any atom is 0.250 e. The van der Waals surface area contributed by atoms with Gasteiger partial charge in [-0.25, -0.2) is 13.1 Å². The molecule has 0 bridgehead atoms. The van der Waals surface area contributed by atoms with Crippen LogP contribution in [0.3, 0.4) is 0 Å². The summed E-state index contributed by atoms with van der Waals surface area (Å²) in [6, 6.07) is 11.2. The smallest absolute Gasteiger partial charge is 0.250 e. The Hall–Kier alpha value is -1.70. The minimum absolute atomic E-state index is 0.101. The molecule has 1 amide bonds. The first-order valence-corrected chi connectivity index (χ1v) is 11.8. The van der Waals surface area contributed by atoms with Gasteiger partial charge < -0.3 is 5.32 Å². The van der Waals surface area contributed by atoms with Crippen LogP contribution < -0.4 is 10.0 Å². The lowest BCUT2D eigenvalue weighted by atomic mass is 9.94. The van der Waals surface area contributed by atoms with E-state index in [1.165, 1.54) is 23.8 Å². The minimum Gasteiger partial charge on any atom is -0.351 e. The number of sulfonamides is 1. The number of rotatable bonds is 9. The average Bonchev–Trinajstić information content (AvgIpc) is 3.08. The zero-order chi connectivity index (χ0) is 20.9. The Balaban J connectivity index is 2.17. The molecule has 1 aromatic carbocycles. The highest BCUT2D eigenvalue weighted by Gasteiger charge is 2.25. The predicted molar refractivity (Wildman–Crippen MR) is 115 cm³/mol. The number of hydrogen-bond donors (Lipinski definition) is 2. The number of carbonyl (C=O) groups is 1. The van der Waals surface area contributed by atoms with Crippen LogP contribution in [0.15, 0.2) is 40.6 Å². The zero-order valence-electron chi connectivity index (χ0n) is 17.2. The quantitative estimate of drug-likeness (QED) is 0.634. The standard InChI is InChI=1S/C21H30N2O3S2/c1-14(2)12-17-6-8-18(9-7-17)21(15(3)4)23-28(25,26)20-11-10-19(27-20)13-22-16(5)24/h6-11,14-15,21,23H,12-13H2,1-5H3,(H,22,24). The van der Waals surface area contributed by atoms with E-state index in [1.54, 1.807) is 12.1 Å². The lowest BCUT2D eigenvalue weighted by Crippen LogP contribution is -2.31. The number of nitrogens with one attached hydrogen (secondary N) is 2. The monoisotopic (exact) mass is 422 g/mol. The molecule has 0 saturated carbocycles. The summed E-state index contributed by atoms with van der Waals surface area (Å²) in [5.41, 5.74) is 2.21. The van der Waals surface area contributed by atoms with Crippen molar-refractivity contribution in [3.8, 4) is 0 Å². The second kappa shape index (κ2) is 9.67. The number of hydrogen-bond acceptors (Lipinski definition) is 4. The molecule has 1 aromatic heterocycles. The first kappa shape index (κ1) is 22.6. The Bertz CT molecular complexity index is 885. The Morgan fingerprint density at radius 3 is 2.21 bits per heavy atom. The van der Waals surface area contributed by atoms with Crippen molar-refractivity contribution in [3.63, 3.8) is 0 Å². The van der Waals surface area contributed by atoms with Crippen molar-refractivity contribution in [2.45, 2.75) is 57.8 Å². The molecule has 0 spiro atoms. The van der Waals surface area contributed by atoms with Gasteiger partial charge in [0.15, 0.2) is 0 Å². The molecule has 2 N–H and O–H groups in total. The largest absolute Gasteiger partial charge is 0.351 e. The normalized spacial score (nSPS) is 13.1. The Kier molecular flexibility index (Phi) is 7.80. The number of benzene rings is 1. The van der Waals surface area contributed by atoms with Gasteiger partial charge in [0.05, 0.1) is 6.54 Å². The summed E-state index contributed by atoms with van der Waals surface area (Å²) in [5.74, 6) is 0.539. The van der Waals surface area contributed by atoms with E-state index in [-0.39, 0.29) is 22.1 Å². The second-order valence-electron chi connectivity index (χ2n) is 7.81. The molecular weight excluding hydrogens is 392 g/mol. The van der Waals surface area contributed by atoms with Crippen LogP contribution in [-0.4, -0.2) is 14.3 Å². The molecule has 0 saturated heterocycles. The molecule has 0 fully saturated rings. The highest BCUT2D eigenvalue weighted by molar-refractivity contribution is 7.91. The van der Waals surface area contributed by atoms with Crippen molar-refractivity contribution >= 4 is 27.3 Å². The summed E-state index contributed by atoms with van der Waals surface area (Å²) in [7, 11) is -3.64. The number of carbonyl (C=O) groups excluding carboxylic acids is 1. The first-order chi connectivity index (χ1) is 13.1. The minimum atomic E-state index is -3.64. The van der Waals surface area contributed by atoms with Gasteiger partial charge in [-0.1, -0.05) is 52.0 Å². The summed E-state index contributed by atoms with van der Waals surface area (Å²) < 4.78 is 28.9. The van der Waals surface area contributed by atoms with Crippen molar-refractivity contribution in [2.75, 3.05) is 0 Å². The van der Waals surface area contributed by atoms with Gasteiger partial charge in [-0.3, -0.25) is 4.79 Å². The molecule has 1 heterocycles. The van der Waals surface area contributed by atoms with Crippen LogP contribution in [0.25, 0.3) is 0 Å². The maximum absolute atomic E-state index is 12.9. The fraction of sp³-hybridized carbons (Fsp3) is 0.476. The van der Waals surface area contributed by atoms with E-state index in [4.69, 9.17) is 0 Å². The van der Waals surface area contributed by atoms with Gasteiger partial charge in [0.1, 0.15) is 4.21 Å². The van der Waals surface area contributed by atoms with E-state index < -0.39 is 10.0 Å². The first-order valence-electron chi connectivity index (χ1n) is 9.52. The lowest BCUT2D eigenvalue weighted by Gasteiger charge is -2.23. The van der Waals surface area contributed by atoms with Crippen molar-refractivity contribution in [1.82, 2.24) is 10.0 Å². The molecule has 28 heavy (non-hydrogen) atoms. The fourth-order valence-electron chi connectivity index (χ4n) is 2.96. The van der Waals surface area contributed by atoms with E-state index in [1.807, 2.05) is 26.0 Å². The van der Waals surface area contributed by atoms with Gasteiger partial charge >= 0.3 is 0 Å². The van der Waals surface area contributed by atoms with E-state index in [2.05, 4.69) is 36.0 Å². The van der Waals surface area contributed by atoms with Gasteiger partial charge in [-0.05, 0) is 41.5 Å². The Labute approximate surface area is 172 Å². The van der Waals surface area contributed by atoms with Crippen LogP contribution in [0.4, 0.5) is 0 Å². The Morgan fingerprint density at radius 1 is 1.04 bits per heavy atom. The van der Waals surface area contributed by atoms with Crippen LogP contribution in [0, 0.1) is 11.8 Å². The molecule has 0 aliphatic heterocycles. The molecule has 5 nitrogen and oxygen atoms in total. The molecule has 0 radical (unpaired) electrons. The zero-order valence-corrected chi connectivity index (χ0v) is 18.8. The highest BCUT2D eigenvalue weighted by Crippen LogP contribution is 2.28. The second-order valence-corrected chi connectivity index (χ2v) is 10.9. The van der Waals surface area contributed by atoms with Crippen molar-refractivity contribution in [1.29, 1.82) is 0 Å². The third kappa shape index (κ3) is 6.43. The SMILES string of the molecule is CC(=O)NCc1ccc(S(=O)(=O)NC(c2ccc(CC(C)C)cc2)C(C)C)s1. The summed E-state index contributed by atoms with van der Waals surface area (Å²) in [5, 5.41) is 2.69. The van der Waals surface area contributed by atoms with Crippen molar-refractivity contribution in [3.05, 3.63) is 52.4 Å². The van der Waals surface area contributed by atoms with Crippen LogP contribution in [-0.2, 0) is 27.8 Å². The van der Waals surface area contributed by atoms with E-state index in [0.29, 0.717) is 12.5 Å². The summed E-state index contributed by atoms with van der Waals surface area (Å²) in [6.07, 6.45) is 1.00. The lowest BCUT2D eigenvalue weighted by molar-refractivity contribution is -0.119. The van der Waals surface area contributed by atoms with Crippen LogP contribution in [0.2, 0.25) is 0 Å². The van der Waals surface area contributed by atoms with Gasteiger partial charge in [0.2, 0.25) is 5.91 Å². The topological polar surface area (TPSA) is 75.3 Å². The van der Waals surface area contributed by atoms with Crippen LogP contribution in [0.1, 0.15) is 56.7 Å². The van der Waals surface area contributed by atoms with Crippen LogP contribution in [0.5, 0.6) is 0 Å². The molecule has 154 valence electrons. The van der Waals surface area contributed by atoms with Gasteiger partial charge in [-0.15, -0.1) is 11.3 Å².